The molecule has 2 fully saturated rings. The molecule has 0 saturated heterocycles. The van der Waals surface area contributed by atoms with Gasteiger partial charge in [0.25, 0.3) is 0 Å². The van der Waals surface area contributed by atoms with E-state index in [-0.39, 0.29) is 12.1 Å². The van der Waals surface area contributed by atoms with Crippen molar-refractivity contribution in [2.24, 2.45) is 17.6 Å². The summed E-state index contributed by atoms with van der Waals surface area (Å²) in [5, 5.41) is 0. The second-order valence-electron chi connectivity index (χ2n) is 5.80. The van der Waals surface area contributed by atoms with Crippen LogP contribution < -0.4 is 5.73 Å². The molecule has 3 unspecified atom stereocenters. The highest BCUT2D eigenvalue weighted by atomic mass is 16.5. The Morgan fingerprint density at radius 1 is 1.25 bits per heavy atom. The van der Waals surface area contributed by atoms with Crippen LogP contribution in [0.25, 0.3) is 0 Å². The standard InChI is InChI=1S/C13H23NO2/c1-9-4-5-11(8-10(9)2)16-12(15)13(14)6-3-7-13/h9-11H,3-8,14H2,1-2H3. The van der Waals surface area contributed by atoms with E-state index < -0.39 is 5.54 Å². The number of carbonyl (C=O) groups excluding carboxylic acids is 1. The van der Waals surface area contributed by atoms with Gasteiger partial charge in [0.2, 0.25) is 0 Å². The fourth-order valence-corrected chi connectivity index (χ4v) is 2.64. The Morgan fingerprint density at radius 2 is 1.94 bits per heavy atom. The average molecular weight is 225 g/mol. The maximum Gasteiger partial charge on any atom is 0.326 e. The van der Waals surface area contributed by atoms with Crippen LogP contribution in [-0.2, 0) is 9.53 Å². The van der Waals surface area contributed by atoms with E-state index in [1.165, 1.54) is 0 Å². The lowest BCUT2D eigenvalue weighted by Gasteiger charge is -2.38. The predicted molar refractivity (Wildman–Crippen MR) is 62.8 cm³/mol. The van der Waals surface area contributed by atoms with Crippen molar-refractivity contribution in [1.29, 1.82) is 0 Å². The molecule has 0 aromatic heterocycles. The summed E-state index contributed by atoms with van der Waals surface area (Å²) in [6.45, 7) is 4.52. The van der Waals surface area contributed by atoms with Crippen molar-refractivity contribution in [2.75, 3.05) is 0 Å². The summed E-state index contributed by atoms with van der Waals surface area (Å²) in [4.78, 5) is 11.9. The molecule has 0 bridgehead atoms. The first kappa shape index (κ1) is 11.9. The van der Waals surface area contributed by atoms with Gasteiger partial charge >= 0.3 is 5.97 Å². The van der Waals surface area contributed by atoms with Gasteiger partial charge in [-0.1, -0.05) is 13.8 Å². The molecule has 2 N–H and O–H groups in total. The third-order valence-electron chi connectivity index (χ3n) is 4.48. The lowest BCUT2D eigenvalue weighted by molar-refractivity contribution is -0.162. The van der Waals surface area contributed by atoms with E-state index in [9.17, 15) is 4.79 Å². The number of hydrogen-bond donors (Lipinski definition) is 1. The molecular weight excluding hydrogens is 202 g/mol. The highest BCUT2D eigenvalue weighted by molar-refractivity contribution is 5.81. The zero-order valence-corrected chi connectivity index (χ0v) is 10.4. The van der Waals surface area contributed by atoms with Crippen LogP contribution in [0.2, 0.25) is 0 Å². The Morgan fingerprint density at radius 3 is 2.44 bits per heavy atom. The topological polar surface area (TPSA) is 52.3 Å². The second kappa shape index (κ2) is 4.36. The molecule has 0 heterocycles. The number of hydrogen-bond acceptors (Lipinski definition) is 3. The van der Waals surface area contributed by atoms with Crippen molar-refractivity contribution in [3.8, 4) is 0 Å². The molecule has 3 nitrogen and oxygen atoms in total. The van der Waals surface area contributed by atoms with Crippen LogP contribution in [0.3, 0.4) is 0 Å². The van der Waals surface area contributed by atoms with E-state index in [1.54, 1.807) is 0 Å². The highest BCUT2D eigenvalue weighted by Gasteiger charge is 2.43. The van der Waals surface area contributed by atoms with Crippen LogP contribution in [0.1, 0.15) is 52.4 Å². The summed E-state index contributed by atoms with van der Waals surface area (Å²) in [6.07, 6.45) is 5.94. The lowest BCUT2D eigenvalue weighted by atomic mass is 9.77. The molecule has 0 aromatic carbocycles. The Balaban J connectivity index is 1.83. The maximum absolute atomic E-state index is 11.9. The van der Waals surface area contributed by atoms with Crippen molar-refractivity contribution in [3.05, 3.63) is 0 Å². The zero-order chi connectivity index (χ0) is 11.8. The van der Waals surface area contributed by atoms with Gasteiger partial charge in [-0.15, -0.1) is 0 Å². The van der Waals surface area contributed by atoms with Gasteiger partial charge in [0.15, 0.2) is 0 Å². The fraction of sp³-hybridized carbons (Fsp3) is 0.923. The molecule has 2 aliphatic rings. The van der Waals surface area contributed by atoms with Gasteiger partial charge in [-0.25, -0.2) is 0 Å². The van der Waals surface area contributed by atoms with Crippen LogP contribution in [-0.4, -0.2) is 17.6 Å². The van der Waals surface area contributed by atoms with Crippen molar-refractivity contribution in [3.63, 3.8) is 0 Å². The summed E-state index contributed by atoms with van der Waals surface area (Å²) in [5.41, 5.74) is 5.30. The second-order valence-corrected chi connectivity index (χ2v) is 5.80. The van der Waals surface area contributed by atoms with Crippen molar-refractivity contribution in [1.82, 2.24) is 0 Å². The third-order valence-corrected chi connectivity index (χ3v) is 4.48. The quantitative estimate of drug-likeness (QED) is 0.733. The number of ether oxygens (including phenoxy) is 1. The largest absolute Gasteiger partial charge is 0.461 e. The molecule has 0 amide bonds. The minimum absolute atomic E-state index is 0.111. The van der Waals surface area contributed by atoms with Gasteiger partial charge in [0.1, 0.15) is 11.6 Å². The molecule has 2 aliphatic carbocycles. The van der Waals surface area contributed by atoms with E-state index in [0.717, 1.165) is 44.4 Å². The van der Waals surface area contributed by atoms with Crippen molar-refractivity contribution < 1.29 is 9.53 Å². The fourth-order valence-electron chi connectivity index (χ4n) is 2.64. The van der Waals surface area contributed by atoms with Gasteiger partial charge in [-0.05, 0) is 50.4 Å². The predicted octanol–water partition coefficient (Wildman–Crippen LogP) is 2.24. The summed E-state index contributed by atoms with van der Waals surface area (Å²) in [7, 11) is 0. The molecule has 0 aromatic rings. The monoisotopic (exact) mass is 225 g/mol. The molecule has 2 saturated carbocycles. The van der Waals surface area contributed by atoms with E-state index in [2.05, 4.69) is 13.8 Å². The SMILES string of the molecule is CC1CCC(OC(=O)C2(N)CCC2)CC1C. The van der Waals surface area contributed by atoms with E-state index in [4.69, 9.17) is 10.5 Å². The van der Waals surface area contributed by atoms with Gasteiger partial charge in [0.05, 0.1) is 0 Å². The molecule has 0 spiro atoms. The van der Waals surface area contributed by atoms with Gasteiger partial charge in [-0.2, -0.15) is 0 Å². The first-order valence-corrected chi connectivity index (χ1v) is 6.51. The Bertz CT molecular complexity index is 273. The summed E-state index contributed by atoms with van der Waals surface area (Å²) >= 11 is 0. The minimum atomic E-state index is -0.647. The smallest absolute Gasteiger partial charge is 0.326 e. The van der Waals surface area contributed by atoms with Gasteiger partial charge < -0.3 is 10.5 Å². The molecule has 3 heteroatoms. The molecule has 16 heavy (non-hydrogen) atoms. The highest BCUT2D eigenvalue weighted by Crippen LogP contribution is 2.34. The first-order chi connectivity index (χ1) is 7.51. The van der Waals surface area contributed by atoms with E-state index >= 15 is 0 Å². The molecule has 3 atom stereocenters. The minimum Gasteiger partial charge on any atom is -0.461 e. The average Bonchev–Trinajstić information content (AvgIpc) is 2.20. The van der Waals surface area contributed by atoms with E-state index in [0.29, 0.717) is 5.92 Å². The van der Waals surface area contributed by atoms with Crippen LogP contribution >= 0.6 is 0 Å². The Labute approximate surface area is 97.7 Å². The number of esters is 1. The van der Waals surface area contributed by atoms with Crippen molar-refractivity contribution in [2.45, 2.75) is 64.0 Å². The first-order valence-electron chi connectivity index (χ1n) is 6.51. The Hall–Kier alpha value is -0.570. The number of rotatable bonds is 2. The lowest BCUT2D eigenvalue weighted by Crippen LogP contribution is -2.55. The van der Waals surface area contributed by atoms with E-state index in [1.807, 2.05) is 0 Å². The summed E-state index contributed by atoms with van der Waals surface area (Å²) in [6, 6.07) is 0. The Kier molecular flexibility index (Phi) is 3.24. The van der Waals surface area contributed by atoms with Crippen LogP contribution in [0.15, 0.2) is 0 Å². The van der Waals surface area contributed by atoms with Crippen molar-refractivity contribution >= 4 is 5.97 Å². The normalized spacial score (nSPS) is 37.6. The van der Waals surface area contributed by atoms with Gasteiger partial charge in [0, 0.05) is 0 Å². The third kappa shape index (κ3) is 2.24. The molecule has 2 rings (SSSR count). The van der Waals surface area contributed by atoms with Gasteiger partial charge in [-0.3, -0.25) is 4.79 Å². The summed E-state index contributed by atoms with van der Waals surface area (Å²) in [5.74, 6) is 1.25. The van der Waals surface area contributed by atoms with Crippen LogP contribution in [0.5, 0.6) is 0 Å². The molecule has 92 valence electrons. The maximum atomic E-state index is 11.9. The number of nitrogens with two attached hydrogens (primary N) is 1. The zero-order valence-electron chi connectivity index (χ0n) is 10.4. The number of carbonyl (C=O) groups is 1. The molecule has 0 radical (unpaired) electrons. The van der Waals surface area contributed by atoms with Crippen LogP contribution in [0.4, 0.5) is 0 Å². The van der Waals surface area contributed by atoms with Crippen LogP contribution in [0, 0.1) is 11.8 Å². The molecular formula is C13H23NO2. The molecule has 0 aliphatic heterocycles. The summed E-state index contributed by atoms with van der Waals surface area (Å²) < 4.78 is 5.55.